The molecule has 0 aliphatic rings. The van der Waals surface area contributed by atoms with Crippen LogP contribution in [-0.2, 0) is 0 Å². The fourth-order valence-electron chi connectivity index (χ4n) is 3.34. The SMILES string of the molecule is Cc1cc(B(c2c(F)cc(C)c(F)c2F)c2c(F)cc(C)c(F)c2F)c(F)cc1F. The van der Waals surface area contributed by atoms with Crippen molar-refractivity contribution in [2.75, 3.05) is 0 Å². The zero-order valence-electron chi connectivity index (χ0n) is 15.9. The van der Waals surface area contributed by atoms with Crippen molar-refractivity contribution in [1.29, 1.82) is 0 Å². The summed E-state index contributed by atoms with van der Waals surface area (Å²) >= 11 is 0. The van der Waals surface area contributed by atoms with Crippen LogP contribution in [0.1, 0.15) is 16.7 Å². The van der Waals surface area contributed by atoms with Crippen LogP contribution in [0.3, 0.4) is 0 Å². The van der Waals surface area contributed by atoms with E-state index in [0.717, 1.165) is 19.9 Å². The van der Waals surface area contributed by atoms with E-state index in [1.807, 2.05) is 0 Å². The second-order valence-electron chi connectivity index (χ2n) is 6.99. The van der Waals surface area contributed by atoms with E-state index in [2.05, 4.69) is 0 Å². The molecule has 3 rings (SSSR count). The Morgan fingerprint density at radius 3 is 1.33 bits per heavy atom. The highest BCUT2D eigenvalue weighted by Gasteiger charge is 2.38. The van der Waals surface area contributed by atoms with E-state index in [1.54, 1.807) is 0 Å². The standard InChI is InChI=1S/C21H13BF8/c1-8-4-11(13(24)7-12(8)23)22(16-14(25)5-9(2)18(27)20(16)29)17-15(26)6-10(3)19(28)21(17)30/h4-7H,1-3H3. The Labute approximate surface area is 167 Å². The van der Waals surface area contributed by atoms with Crippen molar-refractivity contribution in [2.45, 2.75) is 20.8 Å². The fourth-order valence-corrected chi connectivity index (χ4v) is 3.34. The zero-order valence-corrected chi connectivity index (χ0v) is 15.9. The maximum atomic E-state index is 14.7. The van der Waals surface area contributed by atoms with Crippen LogP contribution in [0.5, 0.6) is 0 Å². The van der Waals surface area contributed by atoms with Crippen molar-refractivity contribution < 1.29 is 35.1 Å². The smallest absolute Gasteiger partial charge is 0.207 e. The van der Waals surface area contributed by atoms with Crippen molar-refractivity contribution >= 4 is 23.1 Å². The number of rotatable bonds is 3. The molecule has 3 aromatic rings. The molecule has 0 N–H and O–H groups in total. The first-order chi connectivity index (χ1) is 14.0. The van der Waals surface area contributed by atoms with Gasteiger partial charge in [-0.15, -0.1) is 0 Å². The van der Waals surface area contributed by atoms with Crippen molar-refractivity contribution in [3.63, 3.8) is 0 Å². The van der Waals surface area contributed by atoms with Crippen molar-refractivity contribution in [3.8, 4) is 0 Å². The number of hydrogen-bond donors (Lipinski definition) is 0. The van der Waals surface area contributed by atoms with Gasteiger partial charge in [0.25, 0.3) is 6.71 Å². The van der Waals surface area contributed by atoms with Gasteiger partial charge in [-0.2, -0.15) is 0 Å². The summed E-state index contributed by atoms with van der Waals surface area (Å²) in [6.45, 7) is 1.01. The summed E-state index contributed by atoms with van der Waals surface area (Å²) in [6, 6.07) is 2.27. The highest BCUT2D eigenvalue weighted by molar-refractivity contribution is 6.95. The molecular formula is C21H13BF8. The van der Waals surface area contributed by atoms with Crippen molar-refractivity contribution in [3.05, 3.63) is 87.5 Å². The minimum absolute atomic E-state index is 0.210. The molecule has 0 fully saturated rings. The molecule has 0 nitrogen and oxygen atoms in total. The second kappa shape index (κ2) is 7.77. The predicted molar refractivity (Wildman–Crippen MR) is 97.9 cm³/mol. The minimum atomic E-state index is -2.27. The normalized spacial score (nSPS) is 11.2. The number of benzene rings is 3. The predicted octanol–water partition coefficient (Wildman–Crippen LogP) is 4.24. The minimum Gasteiger partial charge on any atom is -0.207 e. The maximum absolute atomic E-state index is 14.7. The monoisotopic (exact) mass is 428 g/mol. The first kappa shape index (κ1) is 21.9. The Bertz CT molecular complexity index is 1110. The molecule has 156 valence electrons. The molecule has 0 atom stereocenters. The largest absolute Gasteiger partial charge is 0.260 e. The van der Waals surface area contributed by atoms with Gasteiger partial charge in [0.1, 0.15) is 23.3 Å². The Morgan fingerprint density at radius 1 is 0.467 bits per heavy atom. The van der Waals surface area contributed by atoms with E-state index in [1.165, 1.54) is 6.92 Å². The summed E-state index contributed by atoms with van der Waals surface area (Å²) in [5.41, 5.74) is -4.32. The van der Waals surface area contributed by atoms with Gasteiger partial charge >= 0.3 is 0 Å². The molecule has 0 heterocycles. The Balaban J connectivity index is 2.50. The molecule has 9 heteroatoms. The summed E-state index contributed by atoms with van der Waals surface area (Å²) in [7, 11) is 0. The first-order valence-corrected chi connectivity index (χ1v) is 8.69. The van der Waals surface area contributed by atoms with Crippen LogP contribution in [0.4, 0.5) is 35.1 Å². The van der Waals surface area contributed by atoms with Gasteiger partial charge in [0.2, 0.25) is 0 Å². The van der Waals surface area contributed by atoms with Crippen molar-refractivity contribution in [1.82, 2.24) is 0 Å². The van der Waals surface area contributed by atoms with Gasteiger partial charge in [-0.25, -0.2) is 35.1 Å². The molecule has 0 aliphatic heterocycles. The van der Waals surface area contributed by atoms with Gasteiger partial charge in [-0.3, -0.25) is 0 Å². The van der Waals surface area contributed by atoms with E-state index < -0.39 is 80.8 Å². The quantitative estimate of drug-likeness (QED) is 0.333. The Morgan fingerprint density at radius 2 is 0.900 bits per heavy atom. The fraction of sp³-hybridized carbons (Fsp3) is 0.143. The average molecular weight is 428 g/mol. The van der Waals surface area contributed by atoms with Gasteiger partial charge < -0.3 is 0 Å². The van der Waals surface area contributed by atoms with Gasteiger partial charge in [0.15, 0.2) is 23.3 Å². The summed E-state index contributed by atoms with van der Waals surface area (Å²) in [5.74, 6) is -12.0. The lowest BCUT2D eigenvalue weighted by molar-refractivity contribution is 0.494. The van der Waals surface area contributed by atoms with Gasteiger partial charge in [-0.1, -0.05) is 6.07 Å². The van der Waals surface area contributed by atoms with Crippen LogP contribution >= 0.6 is 0 Å². The lowest BCUT2D eigenvalue weighted by Gasteiger charge is -2.21. The second-order valence-corrected chi connectivity index (χ2v) is 6.99. The molecule has 0 amide bonds. The van der Waals surface area contributed by atoms with Crippen LogP contribution < -0.4 is 16.4 Å². The summed E-state index contributed by atoms with van der Waals surface area (Å²) in [5, 5.41) is 0. The van der Waals surface area contributed by atoms with Crippen molar-refractivity contribution in [2.24, 2.45) is 0 Å². The van der Waals surface area contributed by atoms with E-state index in [-0.39, 0.29) is 5.56 Å². The highest BCUT2D eigenvalue weighted by Crippen LogP contribution is 2.18. The van der Waals surface area contributed by atoms with E-state index >= 15 is 0 Å². The topological polar surface area (TPSA) is 0 Å². The third kappa shape index (κ3) is 3.46. The molecule has 0 spiro atoms. The molecule has 0 aliphatic carbocycles. The van der Waals surface area contributed by atoms with Crippen LogP contribution in [0, 0.1) is 67.3 Å². The molecule has 0 unspecified atom stereocenters. The van der Waals surface area contributed by atoms with Crippen LogP contribution in [0.2, 0.25) is 0 Å². The van der Waals surface area contributed by atoms with Crippen LogP contribution in [0.25, 0.3) is 0 Å². The summed E-state index contributed by atoms with van der Waals surface area (Å²) < 4.78 is 116. The molecule has 0 radical (unpaired) electrons. The van der Waals surface area contributed by atoms with Gasteiger partial charge in [0, 0.05) is 17.0 Å². The molecule has 30 heavy (non-hydrogen) atoms. The molecule has 3 aromatic carbocycles. The molecule has 0 saturated heterocycles. The number of aryl methyl sites for hydroxylation is 3. The molecule has 0 bridgehead atoms. The average Bonchev–Trinajstić information content (AvgIpc) is 2.66. The lowest BCUT2D eigenvalue weighted by Crippen LogP contribution is -2.58. The third-order valence-electron chi connectivity index (χ3n) is 4.92. The Hall–Kier alpha value is -2.84. The zero-order chi connectivity index (χ0) is 22.5. The number of halogens is 8. The highest BCUT2D eigenvalue weighted by atomic mass is 19.2. The van der Waals surface area contributed by atoms with E-state index in [9.17, 15) is 35.1 Å². The molecular weight excluding hydrogens is 415 g/mol. The van der Waals surface area contributed by atoms with E-state index in [4.69, 9.17) is 0 Å². The third-order valence-corrected chi connectivity index (χ3v) is 4.92. The summed E-state index contributed by atoms with van der Waals surface area (Å²) in [6.07, 6.45) is 0. The Kier molecular flexibility index (Phi) is 5.67. The lowest BCUT2D eigenvalue weighted by atomic mass is 9.36. The molecule has 0 saturated carbocycles. The maximum Gasteiger partial charge on any atom is 0.260 e. The first-order valence-electron chi connectivity index (χ1n) is 8.69. The van der Waals surface area contributed by atoms with E-state index in [0.29, 0.717) is 18.2 Å². The number of hydrogen-bond acceptors (Lipinski definition) is 0. The van der Waals surface area contributed by atoms with Crippen LogP contribution in [0.15, 0.2) is 24.3 Å². The molecule has 0 aromatic heterocycles. The van der Waals surface area contributed by atoms with Gasteiger partial charge in [0.05, 0.1) is 0 Å². The van der Waals surface area contributed by atoms with Crippen LogP contribution in [-0.4, -0.2) is 6.71 Å². The van der Waals surface area contributed by atoms with Gasteiger partial charge in [-0.05, 0) is 55.1 Å². The summed E-state index contributed by atoms with van der Waals surface area (Å²) in [4.78, 5) is 0.